The minimum atomic E-state index is -0.807. The van der Waals surface area contributed by atoms with Gasteiger partial charge in [0.15, 0.2) is 6.10 Å². The zero-order chi connectivity index (χ0) is 53.6. The normalized spacial score (nSPS) is 13.0. The smallest absolute Gasteiger partial charge is 0.306 e. The van der Waals surface area contributed by atoms with Crippen LogP contribution in [0.5, 0.6) is 0 Å². The minimum Gasteiger partial charge on any atom is -0.462 e. The van der Waals surface area contributed by atoms with Crippen molar-refractivity contribution in [3.63, 3.8) is 0 Å². The van der Waals surface area contributed by atoms with Gasteiger partial charge in [0.1, 0.15) is 13.2 Å². The van der Waals surface area contributed by atoms with Crippen molar-refractivity contribution in [2.24, 2.45) is 0 Å². The molecule has 0 aliphatic carbocycles. The molecule has 0 radical (unpaired) electrons. The summed E-state index contributed by atoms with van der Waals surface area (Å²) >= 11 is 0. The van der Waals surface area contributed by atoms with Crippen LogP contribution in [0.15, 0.2) is 122 Å². The molecule has 0 fully saturated rings. The quantitative estimate of drug-likeness (QED) is 0.0199. The Morgan fingerprint density at radius 3 is 0.986 bits per heavy atom. The van der Waals surface area contributed by atoms with Crippen molar-refractivity contribution in [1.29, 1.82) is 0 Å². The summed E-state index contributed by atoms with van der Waals surface area (Å²) in [5.74, 6) is -0.955. The van der Waals surface area contributed by atoms with E-state index in [2.05, 4.69) is 142 Å². The van der Waals surface area contributed by atoms with Crippen molar-refractivity contribution >= 4 is 17.9 Å². The van der Waals surface area contributed by atoms with Gasteiger partial charge in [0.25, 0.3) is 0 Å². The highest BCUT2D eigenvalue weighted by Gasteiger charge is 2.19. The number of carbonyl (C=O) groups is 3. The molecule has 0 N–H and O–H groups in total. The first-order valence-electron chi connectivity index (χ1n) is 30.6. The maximum atomic E-state index is 12.9. The predicted molar refractivity (Wildman–Crippen MR) is 320 cm³/mol. The van der Waals surface area contributed by atoms with Crippen LogP contribution in [0.2, 0.25) is 0 Å². The predicted octanol–water partition coefficient (Wildman–Crippen LogP) is 20.8. The van der Waals surface area contributed by atoms with Crippen molar-refractivity contribution < 1.29 is 28.6 Å². The molecule has 0 aromatic carbocycles. The Morgan fingerprint density at radius 2 is 0.581 bits per heavy atom. The van der Waals surface area contributed by atoms with Gasteiger partial charge in [-0.25, -0.2) is 0 Å². The van der Waals surface area contributed by atoms with Gasteiger partial charge in [-0.2, -0.15) is 0 Å². The van der Waals surface area contributed by atoms with E-state index in [-0.39, 0.29) is 31.1 Å². The second-order valence-corrected chi connectivity index (χ2v) is 20.0. The first-order valence-corrected chi connectivity index (χ1v) is 30.6. The second kappa shape index (κ2) is 61.4. The lowest BCUT2D eigenvalue weighted by Crippen LogP contribution is -2.30. The standard InChI is InChI=1S/C68H112O6/c1-4-7-10-13-16-19-22-25-28-31-34-37-40-43-46-49-52-55-58-61-67(70)73-64-65(63-72-66(69)60-57-54-51-48-45-42-39-36-33-30-27-24-21-18-15-12-9-6-3)74-68(71)62-59-56-53-50-47-44-41-38-35-32-29-26-23-20-17-14-11-8-5-2/h7,10,16-17,19-20,23-28,30,33-34,36-37,39,43,46,65H,4-6,8-9,11-15,18,21-22,29,31-32,35,38,40-42,44-45,47-64H2,1-3H3/b10-7-,19-16-,20-17-,26-23-,27-24-,28-25-,33-30-,37-34-,39-36-,46-43-. The lowest BCUT2D eigenvalue weighted by atomic mass is 10.1. The molecule has 6 heteroatoms. The highest BCUT2D eigenvalue weighted by atomic mass is 16.6. The molecule has 0 spiro atoms. The Labute approximate surface area is 456 Å². The average Bonchev–Trinajstić information content (AvgIpc) is 3.40. The number of allylic oxidation sites excluding steroid dienone is 20. The summed E-state index contributed by atoms with van der Waals surface area (Å²) in [6.07, 6.45) is 84.7. The third-order valence-corrected chi connectivity index (χ3v) is 12.8. The highest BCUT2D eigenvalue weighted by molar-refractivity contribution is 5.71. The maximum Gasteiger partial charge on any atom is 0.306 e. The number of unbranched alkanes of at least 4 members (excludes halogenated alkanes) is 26. The Hall–Kier alpha value is -4.19. The summed E-state index contributed by atoms with van der Waals surface area (Å²) in [6, 6.07) is 0. The van der Waals surface area contributed by atoms with Gasteiger partial charge >= 0.3 is 17.9 Å². The monoisotopic (exact) mass is 1020 g/mol. The van der Waals surface area contributed by atoms with Gasteiger partial charge in [-0.05, 0) is 116 Å². The molecule has 420 valence electrons. The number of hydrogen-bond donors (Lipinski definition) is 0. The molecule has 0 amide bonds. The van der Waals surface area contributed by atoms with Gasteiger partial charge in [0, 0.05) is 19.3 Å². The van der Waals surface area contributed by atoms with Crippen LogP contribution < -0.4 is 0 Å². The van der Waals surface area contributed by atoms with Crippen LogP contribution >= 0.6 is 0 Å². The topological polar surface area (TPSA) is 78.9 Å². The number of hydrogen-bond acceptors (Lipinski definition) is 6. The van der Waals surface area contributed by atoms with E-state index in [0.29, 0.717) is 19.3 Å². The fourth-order valence-corrected chi connectivity index (χ4v) is 8.17. The summed E-state index contributed by atoms with van der Waals surface area (Å²) < 4.78 is 16.9. The zero-order valence-corrected chi connectivity index (χ0v) is 48.1. The van der Waals surface area contributed by atoms with E-state index in [1.807, 2.05) is 0 Å². The summed E-state index contributed by atoms with van der Waals surface area (Å²) in [5.41, 5.74) is 0. The van der Waals surface area contributed by atoms with Gasteiger partial charge in [-0.1, -0.05) is 258 Å². The first-order chi connectivity index (χ1) is 36.5. The van der Waals surface area contributed by atoms with Crippen LogP contribution in [0.3, 0.4) is 0 Å². The van der Waals surface area contributed by atoms with Crippen LogP contribution in [0, 0.1) is 0 Å². The second-order valence-electron chi connectivity index (χ2n) is 20.0. The lowest BCUT2D eigenvalue weighted by Gasteiger charge is -2.18. The van der Waals surface area contributed by atoms with Gasteiger partial charge < -0.3 is 14.2 Å². The molecule has 0 heterocycles. The van der Waals surface area contributed by atoms with Gasteiger partial charge in [-0.15, -0.1) is 0 Å². The van der Waals surface area contributed by atoms with Crippen molar-refractivity contribution in [1.82, 2.24) is 0 Å². The van der Waals surface area contributed by atoms with Gasteiger partial charge in [0.2, 0.25) is 0 Å². The molecule has 0 saturated heterocycles. The maximum absolute atomic E-state index is 12.9. The summed E-state index contributed by atoms with van der Waals surface area (Å²) in [4.78, 5) is 38.3. The molecule has 1 atom stereocenters. The summed E-state index contributed by atoms with van der Waals surface area (Å²) in [6.45, 7) is 6.44. The van der Waals surface area contributed by atoms with Crippen molar-refractivity contribution in [2.45, 2.75) is 277 Å². The average molecular weight is 1030 g/mol. The Balaban J connectivity index is 4.51. The van der Waals surface area contributed by atoms with Crippen LogP contribution in [-0.4, -0.2) is 37.2 Å². The van der Waals surface area contributed by atoms with Crippen LogP contribution in [0.25, 0.3) is 0 Å². The van der Waals surface area contributed by atoms with E-state index in [0.717, 1.165) is 122 Å². The number of ether oxygens (including phenoxy) is 3. The zero-order valence-electron chi connectivity index (χ0n) is 48.1. The molecule has 0 aliphatic rings. The van der Waals surface area contributed by atoms with E-state index in [1.54, 1.807) is 0 Å². The summed E-state index contributed by atoms with van der Waals surface area (Å²) in [5, 5.41) is 0. The molecular weight excluding hydrogens is 913 g/mol. The van der Waals surface area contributed by atoms with E-state index < -0.39 is 6.10 Å². The van der Waals surface area contributed by atoms with Gasteiger partial charge in [0.05, 0.1) is 0 Å². The molecule has 0 rings (SSSR count). The number of carbonyl (C=O) groups excluding carboxylic acids is 3. The van der Waals surface area contributed by atoms with Gasteiger partial charge in [-0.3, -0.25) is 14.4 Å². The number of rotatable bonds is 54. The highest BCUT2D eigenvalue weighted by Crippen LogP contribution is 2.15. The van der Waals surface area contributed by atoms with Crippen molar-refractivity contribution in [3.8, 4) is 0 Å². The first kappa shape index (κ1) is 69.8. The fraction of sp³-hybridized carbons (Fsp3) is 0.662. The molecule has 6 nitrogen and oxygen atoms in total. The molecule has 0 aromatic heterocycles. The fourth-order valence-electron chi connectivity index (χ4n) is 8.17. The molecule has 74 heavy (non-hydrogen) atoms. The van der Waals surface area contributed by atoms with Crippen LogP contribution in [0.4, 0.5) is 0 Å². The Kier molecular flexibility index (Phi) is 57.9. The van der Waals surface area contributed by atoms with Crippen molar-refractivity contribution in [2.75, 3.05) is 13.2 Å². The largest absolute Gasteiger partial charge is 0.462 e. The third-order valence-electron chi connectivity index (χ3n) is 12.8. The Bertz CT molecular complexity index is 1550. The third kappa shape index (κ3) is 58.7. The van der Waals surface area contributed by atoms with E-state index in [9.17, 15) is 14.4 Å². The summed E-state index contributed by atoms with van der Waals surface area (Å²) in [7, 11) is 0. The van der Waals surface area contributed by atoms with E-state index in [1.165, 1.54) is 109 Å². The van der Waals surface area contributed by atoms with E-state index in [4.69, 9.17) is 14.2 Å². The van der Waals surface area contributed by atoms with Crippen LogP contribution in [0.1, 0.15) is 271 Å². The lowest BCUT2D eigenvalue weighted by molar-refractivity contribution is -0.167. The SMILES string of the molecule is CC/C=C\C/C=C\C/C=C\C/C=C\C/C=C\CCCCCC(=O)OCC(COC(=O)CCCCCCC\C=C/C=C\C=C/CCCCCCC)OC(=O)CCCCCCCCCCCC/C=C\C=C/CCCCC. The van der Waals surface area contributed by atoms with Crippen LogP contribution in [-0.2, 0) is 28.6 Å². The molecular formula is C68H112O6. The molecule has 0 saturated carbocycles. The molecule has 0 aliphatic heterocycles. The van der Waals surface area contributed by atoms with Crippen molar-refractivity contribution in [3.05, 3.63) is 122 Å². The number of esters is 3. The Morgan fingerprint density at radius 1 is 0.297 bits per heavy atom. The minimum absolute atomic E-state index is 0.103. The molecule has 1 unspecified atom stereocenters. The molecule has 0 bridgehead atoms. The molecule has 0 aromatic rings. The van der Waals surface area contributed by atoms with E-state index >= 15 is 0 Å².